The zero-order chi connectivity index (χ0) is 12.1. The van der Waals surface area contributed by atoms with E-state index in [-0.39, 0.29) is 0 Å². The molecule has 94 valence electrons. The third kappa shape index (κ3) is 3.50. The minimum Gasteiger partial charge on any atom is -0.309 e. The van der Waals surface area contributed by atoms with E-state index >= 15 is 0 Å². The van der Waals surface area contributed by atoms with Crippen LogP contribution in [0.3, 0.4) is 0 Å². The number of hydrogen-bond donors (Lipinski definition) is 1. The monoisotopic (exact) mass is 233 g/mol. The Morgan fingerprint density at radius 3 is 2.88 bits per heavy atom. The molecule has 3 heteroatoms. The summed E-state index contributed by atoms with van der Waals surface area (Å²) in [6, 6.07) is 2.47. The molecule has 1 saturated carbocycles. The Kier molecular flexibility index (Phi) is 4.49. The van der Waals surface area contributed by atoms with Gasteiger partial charge in [0.05, 0.1) is 5.69 Å². The summed E-state index contributed by atoms with van der Waals surface area (Å²) in [5, 5.41) is 3.62. The summed E-state index contributed by atoms with van der Waals surface area (Å²) in [6.45, 7) is 5.24. The average Bonchev–Trinajstić information content (AvgIpc) is 2.27. The molecule has 17 heavy (non-hydrogen) atoms. The highest BCUT2D eigenvalue weighted by Gasteiger charge is 2.23. The smallest absolute Gasteiger partial charge is 0.125 e. The first kappa shape index (κ1) is 12.5. The number of nitrogens with zero attached hydrogens (tertiary/aromatic N) is 2. The van der Waals surface area contributed by atoms with Gasteiger partial charge in [-0.05, 0) is 38.3 Å². The predicted octanol–water partition coefficient (Wildman–Crippen LogP) is 3.02. The van der Waals surface area contributed by atoms with Crippen LogP contribution in [0.15, 0.2) is 12.3 Å². The largest absolute Gasteiger partial charge is 0.309 e. The van der Waals surface area contributed by atoms with E-state index in [9.17, 15) is 0 Å². The van der Waals surface area contributed by atoms with Crippen LogP contribution in [0, 0.1) is 12.8 Å². The van der Waals surface area contributed by atoms with Gasteiger partial charge in [-0.15, -0.1) is 0 Å². The van der Waals surface area contributed by atoms with E-state index in [0.717, 1.165) is 24.0 Å². The molecule has 1 aromatic heterocycles. The summed E-state index contributed by atoms with van der Waals surface area (Å²) in [4.78, 5) is 8.74. The third-order valence-corrected chi connectivity index (χ3v) is 3.59. The van der Waals surface area contributed by atoms with Crippen LogP contribution < -0.4 is 5.32 Å². The molecule has 1 aliphatic rings. The number of aryl methyl sites for hydroxylation is 1. The van der Waals surface area contributed by atoms with Crippen molar-refractivity contribution in [2.45, 2.75) is 52.0 Å². The molecule has 0 amide bonds. The van der Waals surface area contributed by atoms with Crippen molar-refractivity contribution >= 4 is 0 Å². The average molecular weight is 233 g/mol. The van der Waals surface area contributed by atoms with E-state index in [0.29, 0.717) is 6.04 Å². The van der Waals surface area contributed by atoms with Crippen molar-refractivity contribution in [2.24, 2.45) is 5.92 Å². The van der Waals surface area contributed by atoms with E-state index in [2.05, 4.69) is 28.3 Å². The molecule has 1 heterocycles. The van der Waals surface area contributed by atoms with Crippen molar-refractivity contribution in [3.63, 3.8) is 0 Å². The van der Waals surface area contributed by atoms with Gasteiger partial charge >= 0.3 is 0 Å². The van der Waals surface area contributed by atoms with Crippen molar-refractivity contribution in [3.05, 3.63) is 23.8 Å². The van der Waals surface area contributed by atoms with Crippen molar-refractivity contribution in [1.82, 2.24) is 15.3 Å². The fourth-order valence-corrected chi connectivity index (χ4v) is 2.36. The number of hydrogen-bond acceptors (Lipinski definition) is 3. The standard InChI is InChI=1S/C14H23N3/c1-3-8-16-14(10-12-5-4-6-12)13-7-9-15-11(2)17-13/h7,9,12,14,16H,3-6,8,10H2,1-2H3. The molecule has 1 unspecified atom stereocenters. The predicted molar refractivity (Wildman–Crippen MR) is 69.8 cm³/mol. The van der Waals surface area contributed by atoms with Gasteiger partial charge < -0.3 is 5.32 Å². The van der Waals surface area contributed by atoms with E-state index in [4.69, 9.17) is 0 Å². The Hall–Kier alpha value is -0.960. The van der Waals surface area contributed by atoms with Gasteiger partial charge in [-0.2, -0.15) is 0 Å². The van der Waals surface area contributed by atoms with Gasteiger partial charge in [-0.1, -0.05) is 26.2 Å². The molecule has 3 nitrogen and oxygen atoms in total. The lowest BCUT2D eigenvalue weighted by atomic mass is 9.80. The maximum Gasteiger partial charge on any atom is 0.125 e. The fourth-order valence-electron chi connectivity index (χ4n) is 2.36. The lowest BCUT2D eigenvalue weighted by Gasteiger charge is -2.30. The van der Waals surface area contributed by atoms with Crippen LogP contribution in [0.5, 0.6) is 0 Å². The van der Waals surface area contributed by atoms with Gasteiger partial charge in [0.2, 0.25) is 0 Å². The minimum atomic E-state index is 0.418. The van der Waals surface area contributed by atoms with E-state index in [1.807, 2.05) is 13.1 Å². The van der Waals surface area contributed by atoms with Gasteiger partial charge in [0.15, 0.2) is 0 Å². The number of aromatic nitrogens is 2. The molecule has 0 radical (unpaired) electrons. The van der Waals surface area contributed by atoms with Crippen molar-refractivity contribution in [3.8, 4) is 0 Å². The normalized spacial score (nSPS) is 17.8. The first-order valence-corrected chi connectivity index (χ1v) is 6.82. The Morgan fingerprint density at radius 1 is 1.47 bits per heavy atom. The van der Waals surface area contributed by atoms with Crippen molar-refractivity contribution < 1.29 is 0 Å². The molecule has 0 spiro atoms. The van der Waals surface area contributed by atoms with Crippen LogP contribution in [0.2, 0.25) is 0 Å². The van der Waals surface area contributed by atoms with Gasteiger partial charge in [0.1, 0.15) is 5.82 Å². The first-order chi connectivity index (χ1) is 8.29. The van der Waals surface area contributed by atoms with Gasteiger partial charge in [0, 0.05) is 12.2 Å². The van der Waals surface area contributed by atoms with Crippen LogP contribution >= 0.6 is 0 Å². The molecule has 2 rings (SSSR count). The zero-order valence-corrected chi connectivity index (χ0v) is 10.9. The quantitative estimate of drug-likeness (QED) is 0.820. The van der Waals surface area contributed by atoms with Crippen LogP contribution in [-0.4, -0.2) is 16.5 Å². The molecule has 0 aliphatic heterocycles. The molecule has 0 saturated heterocycles. The summed E-state index contributed by atoms with van der Waals surface area (Å²) in [7, 11) is 0. The van der Waals surface area contributed by atoms with Crippen LogP contribution in [-0.2, 0) is 0 Å². The van der Waals surface area contributed by atoms with Crippen LogP contribution in [0.4, 0.5) is 0 Å². The van der Waals surface area contributed by atoms with Crippen LogP contribution in [0.25, 0.3) is 0 Å². The molecule has 1 N–H and O–H groups in total. The Labute approximate surface area is 104 Å². The maximum absolute atomic E-state index is 4.56. The number of rotatable bonds is 6. The zero-order valence-electron chi connectivity index (χ0n) is 10.9. The SMILES string of the molecule is CCCNC(CC1CCC1)c1ccnc(C)n1. The molecule has 1 atom stereocenters. The first-order valence-electron chi connectivity index (χ1n) is 6.82. The third-order valence-electron chi connectivity index (χ3n) is 3.59. The van der Waals surface area contributed by atoms with E-state index in [1.54, 1.807) is 0 Å². The molecule has 1 fully saturated rings. The fraction of sp³-hybridized carbons (Fsp3) is 0.714. The van der Waals surface area contributed by atoms with E-state index < -0.39 is 0 Å². The number of nitrogens with one attached hydrogen (secondary N) is 1. The molecule has 0 aromatic carbocycles. The highest BCUT2D eigenvalue weighted by atomic mass is 15.0. The lowest BCUT2D eigenvalue weighted by Crippen LogP contribution is -2.27. The summed E-state index contributed by atoms with van der Waals surface area (Å²) in [5.74, 6) is 1.78. The van der Waals surface area contributed by atoms with Gasteiger partial charge in [-0.3, -0.25) is 0 Å². The Balaban J connectivity index is 2.02. The van der Waals surface area contributed by atoms with Crippen LogP contribution in [0.1, 0.15) is 56.6 Å². The molecule has 0 bridgehead atoms. The Morgan fingerprint density at radius 2 is 2.29 bits per heavy atom. The summed E-state index contributed by atoms with van der Waals surface area (Å²) < 4.78 is 0. The van der Waals surface area contributed by atoms with Gasteiger partial charge in [-0.25, -0.2) is 9.97 Å². The van der Waals surface area contributed by atoms with Crippen molar-refractivity contribution in [1.29, 1.82) is 0 Å². The molecule has 1 aliphatic carbocycles. The highest BCUT2D eigenvalue weighted by Crippen LogP contribution is 2.34. The molecular weight excluding hydrogens is 210 g/mol. The minimum absolute atomic E-state index is 0.418. The lowest BCUT2D eigenvalue weighted by molar-refractivity contribution is 0.259. The molecule has 1 aromatic rings. The maximum atomic E-state index is 4.56. The van der Waals surface area contributed by atoms with E-state index in [1.165, 1.54) is 32.1 Å². The Bertz CT molecular complexity index is 347. The molecular formula is C14H23N3. The van der Waals surface area contributed by atoms with Crippen molar-refractivity contribution in [2.75, 3.05) is 6.54 Å². The summed E-state index contributed by atoms with van der Waals surface area (Å²) in [6.07, 6.45) is 8.48. The highest BCUT2D eigenvalue weighted by molar-refractivity contribution is 5.08. The summed E-state index contributed by atoms with van der Waals surface area (Å²) in [5.41, 5.74) is 1.16. The summed E-state index contributed by atoms with van der Waals surface area (Å²) >= 11 is 0. The second kappa shape index (κ2) is 6.10. The second-order valence-electron chi connectivity index (χ2n) is 5.07. The second-order valence-corrected chi connectivity index (χ2v) is 5.07. The van der Waals surface area contributed by atoms with Gasteiger partial charge in [0.25, 0.3) is 0 Å². The topological polar surface area (TPSA) is 37.8 Å².